The Bertz CT molecular complexity index is 309. The number of imidazole rings is 1. The number of H-pyrrole nitrogens is 1. The second-order valence-corrected chi connectivity index (χ2v) is 3.55. The van der Waals surface area contributed by atoms with E-state index < -0.39 is 21.3 Å². The summed E-state index contributed by atoms with van der Waals surface area (Å²) in [6.45, 7) is 0. The Morgan fingerprint density at radius 1 is 1.58 bits per heavy atom. The summed E-state index contributed by atoms with van der Waals surface area (Å²) in [6.07, 6.45) is 0.784. The summed E-state index contributed by atoms with van der Waals surface area (Å²) in [7, 11) is -3.08. The first kappa shape index (κ1) is 9.53. The third-order valence-electron chi connectivity index (χ3n) is 0.931. The monoisotopic (exact) mass is 218 g/mol. The number of hydrogen-bond acceptors (Lipinski definition) is 2. The van der Waals surface area contributed by atoms with Gasteiger partial charge in [-0.1, -0.05) is 0 Å². The zero-order valence-corrected chi connectivity index (χ0v) is 6.93. The van der Waals surface area contributed by atoms with Crippen molar-refractivity contribution in [2.24, 2.45) is 0 Å². The van der Waals surface area contributed by atoms with Crippen molar-refractivity contribution in [3.05, 3.63) is 11.5 Å². The van der Waals surface area contributed by atoms with Crippen LogP contribution in [0.2, 0.25) is 5.28 Å². The van der Waals surface area contributed by atoms with Gasteiger partial charge in [0.1, 0.15) is 5.03 Å². The van der Waals surface area contributed by atoms with Crippen LogP contribution in [0.3, 0.4) is 0 Å². The third kappa shape index (κ3) is 1.98. The maximum atomic E-state index is 11.8. The minimum atomic E-state index is -4.78. The molecule has 1 unspecified atom stereocenters. The van der Waals surface area contributed by atoms with Crippen LogP contribution >= 0.6 is 11.6 Å². The van der Waals surface area contributed by atoms with Crippen molar-refractivity contribution in [3.63, 3.8) is 0 Å². The number of nitrogens with one attached hydrogen (secondary N) is 1. The molecule has 0 bridgehead atoms. The highest BCUT2D eigenvalue weighted by Gasteiger charge is 2.39. The van der Waals surface area contributed by atoms with Crippen LogP contribution in [0.1, 0.15) is 0 Å². The average molecular weight is 219 g/mol. The van der Waals surface area contributed by atoms with Gasteiger partial charge in [0, 0.05) is 0 Å². The Balaban J connectivity index is 2.93. The van der Waals surface area contributed by atoms with Gasteiger partial charge in [-0.3, -0.25) is 0 Å². The topological polar surface area (TPSA) is 45.8 Å². The van der Waals surface area contributed by atoms with Crippen molar-refractivity contribution in [3.8, 4) is 0 Å². The van der Waals surface area contributed by atoms with E-state index in [9.17, 15) is 17.4 Å². The Hall–Kier alpha value is -0.560. The van der Waals surface area contributed by atoms with Gasteiger partial charge >= 0.3 is 5.51 Å². The molecule has 1 aromatic rings. The van der Waals surface area contributed by atoms with Crippen molar-refractivity contribution < 1.29 is 17.4 Å². The molecule has 12 heavy (non-hydrogen) atoms. The second kappa shape index (κ2) is 3.06. The molecule has 0 aromatic carbocycles. The number of aromatic nitrogens is 2. The van der Waals surface area contributed by atoms with E-state index in [0.717, 1.165) is 6.20 Å². The van der Waals surface area contributed by atoms with Gasteiger partial charge in [0.05, 0.1) is 6.20 Å². The standard InChI is InChI=1S/C4H2ClF3N2OS/c5-3-9-1-2(10-3)12(11)4(6,7)8/h1H,(H,9,10). The summed E-state index contributed by atoms with van der Waals surface area (Å²) >= 11 is 5.19. The Labute approximate surface area is 72.4 Å². The molecular formula is C4H2ClF3N2OS. The van der Waals surface area contributed by atoms with Gasteiger partial charge < -0.3 is 4.98 Å². The number of rotatable bonds is 1. The summed E-state index contributed by atoms with van der Waals surface area (Å²) < 4.78 is 45.8. The Morgan fingerprint density at radius 3 is 2.50 bits per heavy atom. The van der Waals surface area contributed by atoms with Gasteiger partial charge in [0.15, 0.2) is 10.8 Å². The van der Waals surface area contributed by atoms with Crippen LogP contribution in [0.15, 0.2) is 11.2 Å². The molecule has 0 spiro atoms. The van der Waals surface area contributed by atoms with Crippen molar-refractivity contribution >= 4 is 22.4 Å². The SMILES string of the molecule is O=S(c1cnc(Cl)[nH]1)C(F)(F)F. The molecule has 0 fully saturated rings. The molecule has 0 aliphatic heterocycles. The zero-order chi connectivity index (χ0) is 9.35. The minimum Gasteiger partial charge on any atom is -0.321 e. The molecule has 0 saturated heterocycles. The summed E-state index contributed by atoms with van der Waals surface area (Å²) in [5, 5.41) is -0.768. The molecule has 1 N–H and O–H groups in total. The lowest BCUT2D eigenvalue weighted by Gasteiger charge is -2.01. The zero-order valence-electron chi connectivity index (χ0n) is 5.35. The fourth-order valence-corrected chi connectivity index (χ4v) is 1.29. The van der Waals surface area contributed by atoms with E-state index in [0.29, 0.717) is 0 Å². The van der Waals surface area contributed by atoms with Crippen LogP contribution in [0.4, 0.5) is 13.2 Å². The molecule has 1 aromatic heterocycles. The highest BCUT2D eigenvalue weighted by atomic mass is 35.5. The summed E-state index contributed by atoms with van der Waals surface area (Å²) in [5.41, 5.74) is -4.78. The molecule has 1 rings (SSSR count). The van der Waals surface area contributed by atoms with Crippen molar-refractivity contribution in [1.82, 2.24) is 9.97 Å². The van der Waals surface area contributed by atoms with Crippen LogP contribution in [-0.4, -0.2) is 19.7 Å². The first-order valence-electron chi connectivity index (χ1n) is 2.60. The lowest BCUT2D eigenvalue weighted by Crippen LogP contribution is -2.16. The fourth-order valence-electron chi connectivity index (χ4n) is 0.500. The summed E-state index contributed by atoms with van der Waals surface area (Å²) in [5.74, 6) is 0. The largest absolute Gasteiger partial charge is 0.477 e. The molecule has 1 heterocycles. The van der Waals surface area contributed by atoms with E-state index >= 15 is 0 Å². The van der Waals surface area contributed by atoms with E-state index in [1.165, 1.54) is 0 Å². The Morgan fingerprint density at radius 2 is 2.17 bits per heavy atom. The molecule has 0 aliphatic carbocycles. The Kier molecular flexibility index (Phi) is 2.43. The van der Waals surface area contributed by atoms with Gasteiger partial charge in [-0.25, -0.2) is 9.19 Å². The van der Waals surface area contributed by atoms with Crippen LogP contribution in [0.5, 0.6) is 0 Å². The molecule has 3 nitrogen and oxygen atoms in total. The average Bonchev–Trinajstić information content (AvgIpc) is 2.32. The van der Waals surface area contributed by atoms with Crippen LogP contribution in [0.25, 0.3) is 0 Å². The van der Waals surface area contributed by atoms with E-state index in [2.05, 4.69) is 4.98 Å². The predicted molar refractivity (Wildman–Crippen MR) is 36.1 cm³/mol. The first-order chi connectivity index (χ1) is 5.41. The highest BCUT2D eigenvalue weighted by Crippen LogP contribution is 2.25. The van der Waals surface area contributed by atoms with Crippen molar-refractivity contribution in [1.29, 1.82) is 0 Å². The van der Waals surface area contributed by atoms with Crippen molar-refractivity contribution in [2.75, 3.05) is 0 Å². The minimum absolute atomic E-state index is 0.220. The van der Waals surface area contributed by atoms with Gasteiger partial charge in [-0.2, -0.15) is 13.2 Å². The second-order valence-electron chi connectivity index (χ2n) is 1.75. The van der Waals surface area contributed by atoms with Gasteiger partial charge in [0.2, 0.25) is 5.28 Å². The van der Waals surface area contributed by atoms with Crippen molar-refractivity contribution in [2.45, 2.75) is 10.5 Å². The maximum Gasteiger partial charge on any atom is 0.477 e. The number of alkyl halides is 3. The van der Waals surface area contributed by atoms with E-state index in [1.54, 1.807) is 0 Å². The summed E-state index contributed by atoms with van der Waals surface area (Å²) in [6, 6.07) is 0. The van der Waals surface area contributed by atoms with E-state index in [-0.39, 0.29) is 5.28 Å². The van der Waals surface area contributed by atoms with Crippen LogP contribution in [0, 0.1) is 0 Å². The predicted octanol–water partition coefficient (Wildman–Crippen LogP) is 1.69. The van der Waals surface area contributed by atoms with Gasteiger partial charge in [-0.15, -0.1) is 0 Å². The van der Waals surface area contributed by atoms with Gasteiger partial charge in [0.25, 0.3) is 0 Å². The molecule has 0 radical (unpaired) electrons. The smallest absolute Gasteiger partial charge is 0.321 e. The summed E-state index contributed by atoms with van der Waals surface area (Å²) in [4.78, 5) is 5.28. The lowest BCUT2D eigenvalue weighted by atomic mass is 11.0. The quantitative estimate of drug-likeness (QED) is 0.780. The lowest BCUT2D eigenvalue weighted by molar-refractivity contribution is -0.0386. The number of nitrogens with zero attached hydrogens (tertiary/aromatic N) is 1. The number of halogens is 4. The normalized spacial score (nSPS) is 14.7. The van der Waals surface area contributed by atoms with Crippen LogP contribution in [-0.2, 0) is 10.8 Å². The molecule has 8 heteroatoms. The molecular weight excluding hydrogens is 217 g/mol. The molecule has 0 amide bonds. The number of aromatic amines is 1. The number of hydrogen-bond donors (Lipinski definition) is 1. The molecule has 0 aliphatic rings. The van der Waals surface area contributed by atoms with E-state index in [4.69, 9.17) is 11.6 Å². The molecule has 68 valence electrons. The van der Waals surface area contributed by atoms with Gasteiger partial charge in [-0.05, 0) is 11.6 Å². The molecule has 1 atom stereocenters. The third-order valence-corrected chi connectivity index (χ3v) is 2.15. The van der Waals surface area contributed by atoms with Crippen LogP contribution < -0.4 is 0 Å². The fraction of sp³-hybridized carbons (Fsp3) is 0.250. The first-order valence-corrected chi connectivity index (χ1v) is 4.13. The molecule has 0 saturated carbocycles. The maximum absolute atomic E-state index is 11.8. The van der Waals surface area contributed by atoms with E-state index in [1.807, 2.05) is 4.98 Å². The highest BCUT2D eigenvalue weighted by molar-refractivity contribution is 7.85.